The van der Waals surface area contributed by atoms with E-state index >= 15 is 0 Å². The molecular weight excluding hydrogens is 254 g/mol. The Kier molecular flexibility index (Phi) is 5.01. The van der Waals surface area contributed by atoms with E-state index in [-0.39, 0.29) is 11.8 Å². The third-order valence-corrected chi connectivity index (χ3v) is 3.82. The molecule has 2 rings (SSSR count). The SMILES string of the molecule is CCOc1ccc(C(=O)C(C)N2CCCC2)cc1OC. The molecule has 1 fully saturated rings. The van der Waals surface area contributed by atoms with Gasteiger partial charge in [-0.05, 0) is 58.0 Å². The molecule has 1 saturated heterocycles. The summed E-state index contributed by atoms with van der Waals surface area (Å²) in [6, 6.07) is 5.34. The Labute approximate surface area is 120 Å². The number of methoxy groups -OCH3 is 1. The van der Waals surface area contributed by atoms with Gasteiger partial charge in [-0.25, -0.2) is 0 Å². The van der Waals surface area contributed by atoms with Gasteiger partial charge in [0.1, 0.15) is 0 Å². The molecule has 0 aromatic heterocycles. The van der Waals surface area contributed by atoms with E-state index in [1.165, 1.54) is 12.8 Å². The van der Waals surface area contributed by atoms with Crippen molar-refractivity contribution in [2.45, 2.75) is 32.7 Å². The van der Waals surface area contributed by atoms with Crippen molar-refractivity contribution in [1.82, 2.24) is 4.90 Å². The lowest BCUT2D eigenvalue weighted by molar-refractivity contribution is 0.0866. The molecule has 20 heavy (non-hydrogen) atoms. The molecule has 0 radical (unpaired) electrons. The van der Waals surface area contributed by atoms with E-state index in [0.29, 0.717) is 23.7 Å². The zero-order valence-electron chi connectivity index (χ0n) is 12.5. The first-order valence-corrected chi connectivity index (χ1v) is 7.26. The zero-order valence-corrected chi connectivity index (χ0v) is 12.5. The van der Waals surface area contributed by atoms with Gasteiger partial charge in [0.2, 0.25) is 0 Å². The number of carbonyl (C=O) groups excluding carboxylic acids is 1. The number of carbonyl (C=O) groups is 1. The summed E-state index contributed by atoms with van der Waals surface area (Å²) in [5, 5.41) is 0. The zero-order chi connectivity index (χ0) is 14.5. The van der Waals surface area contributed by atoms with E-state index in [9.17, 15) is 4.79 Å². The molecule has 1 atom stereocenters. The van der Waals surface area contributed by atoms with Crippen LogP contribution in [0.2, 0.25) is 0 Å². The predicted molar refractivity (Wildman–Crippen MR) is 78.8 cm³/mol. The number of benzene rings is 1. The first-order valence-electron chi connectivity index (χ1n) is 7.26. The fourth-order valence-corrected chi connectivity index (χ4v) is 2.63. The van der Waals surface area contributed by atoms with Gasteiger partial charge in [-0.15, -0.1) is 0 Å². The quantitative estimate of drug-likeness (QED) is 0.749. The van der Waals surface area contributed by atoms with Crippen LogP contribution in [0.15, 0.2) is 18.2 Å². The fourth-order valence-electron chi connectivity index (χ4n) is 2.63. The molecule has 0 saturated carbocycles. The second-order valence-corrected chi connectivity index (χ2v) is 5.08. The lowest BCUT2D eigenvalue weighted by atomic mass is 10.0. The highest BCUT2D eigenvalue weighted by Gasteiger charge is 2.25. The molecule has 1 aromatic rings. The van der Waals surface area contributed by atoms with Crippen LogP contribution in [-0.4, -0.2) is 43.5 Å². The van der Waals surface area contributed by atoms with Crippen LogP contribution in [0.25, 0.3) is 0 Å². The number of ketones is 1. The molecule has 0 aliphatic carbocycles. The minimum atomic E-state index is -0.0693. The van der Waals surface area contributed by atoms with Gasteiger partial charge in [-0.3, -0.25) is 9.69 Å². The molecule has 0 bridgehead atoms. The minimum Gasteiger partial charge on any atom is -0.493 e. The number of rotatable bonds is 6. The maximum absolute atomic E-state index is 12.5. The Morgan fingerprint density at radius 3 is 2.60 bits per heavy atom. The van der Waals surface area contributed by atoms with Crippen molar-refractivity contribution in [3.05, 3.63) is 23.8 Å². The van der Waals surface area contributed by atoms with E-state index in [2.05, 4.69) is 4.90 Å². The molecule has 0 N–H and O–H groups in total. The van der Waals surface area contributed by atoms with E-state index in [4.69, 9.17) is 9.47 Å². The van der Waals surface area contributed by atoms with Crippen LogP contribution in [0.4, 0.5) is 0 Å². The van der Waals surface area contributed by atoms with E-state index in [1.54, 1.807) is 13.2 Å². The Balaban J connectivity index is 2.16. The Bertz CT molecular complexity index is 467. The highest BCUT2D eigenvalue weighted by atomic mass is 16.5. The molecule has 1 heterocycles. The summed E-state index contributed by atoms with van der Waals surface area (Å²) in [7, 11) is 1.59. The van der Waals surface area contributed by atoms with Crippen LogP contribution in [0.1, 0.15) is 37.0 Å². The van der Waals surface area contributed by atoms with Crippen molar-refractivity contribution in [3.8, 4) is 11.5 Å². The smallest absolute Gasteiger partial charge is 0.179 e. The van der Waals surface area contributed by atoms with Crippen LogP contribution >= 0.6 is 0 Å². The summed E-state index contributed by atoms with van der Waals surface area (Å²) in [6.07, 6.45) is 2.37. The summed E-state index contributed by atoms with van der Waals surface area (Å²) in [5.41, 5.74) is 0.685. The van der Waals surface area contributed by atoms with Crippen molar-refractivity contribution in [2.24, 2.45) is 0 Å². The second-order valence-electron chi connectivity index (χ2n) is 5.08. The highest BCUT2D eigenvalue weighted by Crippen LogP contribution is 2.29. The number of hydrogen-bond acceptors (Lipinski definition) is 4. The van der Waals surface area contributed by atoms with E-state index in [1.807, 2.05) is 26.0 Å². The Morgan fingerprint density at radius 2 is 2.00 bits per heavy atom. The first kappa shape index (κ1) is 14.9. The van der Waals surface area contributed by atoms with Crippen LogP contribution < -0.4 is 9.47 Å². The predicted octanol–water partition coefficient (Wildman–Crippen LogP) is 2.76. The molecule has 110 valence electrons. The average molecular weight is 277 g/mol. The molecule has 4 heteroatoms. The molecule has 0 spiro atoms. The van der Waals surface area contributed by atoms with Gasteiger partial charge in [-0.2, -0.15) is 0 Å². The van der Waals surface area contributed by atoms with Gasteiger partial charge in [0.05, 0.1) is 19.8 Å². The monoisotopic (exact) mass is 277 g/mol. The number of ether oxygens (including phenoxy) is 2. The number of Topliss-reactive ketones (excluding diaryl/α,β-unsaturated/α-hetero) is 1. The van der Waals surface area contributed by atoms with Gasteiger partial charge in [-0.1, -0.05) is 0 Å². The second kappa shape index (κ2) is 6.75. The number of hydrogen-bond donors (Lipinski definition) is 0. The molecule has 1 aliphatic heterocycles. The molecule has 1 aromatic carbocycles. The van der Waals surface area contributed by atoms with Gasteiger partial charge in [0.15, 0.2) is 17.3 Å². The van der Waals surface area contributed by atoms with Crippen molar-refractivity contribution >= 4 is 5.78 Å². The summed E-state index contributed by atoms with van der Waals surface area (Å²) >= 11 is 0. The summed E-state index contributed by atoms with van der Waals surface area (Å²) < 4.78 is 10.8. The standard InChI is InChI=1S/C16H23NO3/c1-4-20-14-8-7-13(11-15(14)19-3)16(18)12(2)17-9-5-6-10-17/h7-8,11-12H,4-6,9-10H2,1-3H3. The van der Waals surface area contributed by atoms with Crippen molar-refractivity contribution in [1.29, 1.82) is 0 Å². The van der Waals surface area contributed by atoms with E-state index in [0.717, 1.165) is 13.1 Å². The Morgan fingerprint density at radius 1 is 1.30 bits per heavy atom. The maximum Gasteiger partial charge on any atom is 0.179 e. The minimum absolute atomic E-state index is 0.0693. The van der Waals surface area contributed by atoms with Crippen LogP contribution in [0.3, 0.4) is 0 Å². The number of likely N-dealkylation sites (tertiary alicyclic amines) is 1. The fraction of sp³-hybridized carbons (Fsp3) is 0.562. The molecular formula is C16H23NO3. The molecule has 1 unspecified atom stereocenters. The lowest BCUT2D eigenvalue weighted by Gasteiger charge is -2.22. The van der Waals surface area contributed by atoms with Crippen molar-refractivity contribution in [2.75, 3.05) is 26.8 Å². The van der Waals surface area contributed by atoms with Crippen LogP contribution in [0, 0.1) is 0 Å². The highest BCUT2D eigenvalue weighted by molar-refractivity contribution is 6.00. The third kappa shape index (κ3) is 3.12. The van der Waals surface area contributed by atoms with Gasteiger partial charge >= 0.3 is 0 Å². The van der Waals surface area contributed by atoms with Crippen molar-refractivity contribution in [3.63, 3.8) is 0 Å². The topological polar surface area (TPSA) is 38.8 Å². The number of nitrogens with zero attached hydrogens (tertiary/aromatic N) is 1. The lowest BCUT2D eigenvalue weighted by Crippen LogP contribution is -2.36. The molecule has 4 nitrogen and oxygen atoms in total. The maximum atomic E-state index is 12.5. The summed E-state index contributed by atoms with van der Waals surface area (Å²) in [4.78, 5) is 14.8. The van der Waals surface area contributed by atoms with Gasteiger partial charge < -0.3 is 9.47 Å². The largest absolute Gasteiger partial charge is 0.493 e. The summed E-state index contributed by atoms with van der Waals surface area (Å²) in [6.45, 7) is 6.51. The average Bonchev–Trinajstić information content (AvgIpc) is 3.00. The van der Waals surface area contributed by atoms with Crippen LogP contribution in [-0.2, 0) is 0 Å². The van der Waals surface area contributed by atoms with Gasteiger partial charge in [0, 0.05) is 5.56 Å². The third-order valence-electron chi connectivity index (χ3n) is 3.82. The summed E-state index contributed by atoms with van der Waals surface area (Å²) in [5.74, 6) is 1.44. The molecule has 0 amide bonds. The molecule has 1 aliphatic rings. The first-order chi connectivity index (χ1) is 9.67. The Hall–Kier alpha value is -1.55. The normalized spacial score (nSPS) is 16.9. The van der Waals surface area contributed by atoms with Crippen molar-refractivity contribution < 1.29 is 14.3 Å². The van der Waals surface area contributed by atoms with Gasteiger partial charge in [0.25, 0.3) is 0 Å². The van der Waals surface area contributed by atoms with Crippen LogP contribution in [0.5, 0.6) is 11.5 Å². The van der Waals surface area contributed by atoms with E-state index < -0.39 is 0 Å².